The van der Waals surface area contributed by atoms with Crippen molar-refractivity contribution in [2.24, 2.45) is 5.73 Å². The fraction of sp³-hybridized carbons (Fsp3) is 0.433. The van der Waals surface area contributed by atoms with Crippen LogP contribution in [-0.4, -0.2) is 30.4 Å². The van der Waals surface area contributed by atoms with Crippen LogP contribution in [0, 0.1) is 6.92 Å². The van der Waals surface area contributed by atoms with E-state index in [0.717, 1.165) is 30.5 Å². The lowest BCUT2D eigenvalue weighted by Gasteiger charge is -2.33. The molecular formula is C30H37N3O. The Kier molecular flexibility index (Phi) is 6.60. The van der Waals surface area contributed by atoms with Crippen LogP contribution in [-0.2, 0) is 0 Å². The molecule has 2 heterocycles. The van der Waals surface area contributed by atoms with Crippen molar-refractivity contribution in [2.45, 2.75) is 64.8 Å². The number of likely N-dealkylation sites (tertiary alicyclic amines) is 1. The Morgan fingerprint density at radius 1 is 0.971 bits per heavy atom. The monoisotopic (exact) mass is 455 g/mol. The van der Waals surface area contributed by atoms with E-state index in [0.29, 0.717) is 11.6 Å². The number of rotatable bonds is 5. The Morgan fingerprint density at radius 2 is 1.76 bits per heavy atom. The van der Waals surface area contributed by atoms with Crippen LogP contribution >= 0.6 is 0 Å². The fourth-order valence-electron chi connectivity index (χ4n) is 6.13. The number of piperidine rings is 1. The van der Waals surface area contributed by atoms with E-state index in [1.807, 2.05) is 12.1 Å². The van der Waals surface area contributed by atoms with Crippen molar-refractivity contribution in [3.05, 3.63) is 76.0 Å². The van der Waals surface area contributed by atoms with Crippen molar-refractivity contribution >= 4 is 11.5 Å². The van der Waals surface area contributed by atoms with Gasteiger partial charge in [-0.15, -0.1) is 0 Å². The zero-order chi connectivity index (χ0) is 23.7. The van der Waals surface area contributed by atoms with Gasteiger partial charge in [-0.05, 0) is 111 Å². The second-order valence-corrected chi connectivity index (χ2v) is 10.2. The highest BCUT2D eigenvalue weighted by Gasteiger charge is 2.26. The highest BCUT2D eigenvalue weighted by atomic mass is 16.1. The van der Waals surface area contributed by atoms with Crippen molar-refractivity contribution in [3.63, 3.8) is 0 Å². The summed E-state index contributed by atoms with van der Waals surface area (Å²) in [4.78, 5) is 15.2. The van der Waals surface area contributed by atoms with Crippen LogP contribution in [0.2, 0.25) is 0 Å². The number of aryl methyl sites for hydroxylation is 1. The van der Waals surface area contributed by atoms with Gasteiger partial charge in [0, 0.05) is 29.9 Å². The summed E-state index contributed by atoms with van der Waals surface area (Å²) in [6.07, 6.45) is 10.7. The maximum atomic E-state index is 12.6. The summed E-state index contributed by atoms with van der Waals surface area (Å²) in [6.45, 7) is 7.64. The van der Waals surface area contributed by atoms with Crippen LogP contribution < -0.4 is 11.1 Å². The molecule has 0 bridgehead atoms. The number of allylic oxidation sites excluding steroid dienone is 2. The van der Waals surface area contributed by atoms with Crippen LogP contribution in [0.15, 0.2) is 53.7 Å². The van der Waals surface area contributed by atoms with Gasteiger partial charge in [0.1, 0.15) is 0 Å². The molecule has 5 rings (SSSR count). The molecule has 0 spiro atoms. The van der Waals surface area contributed by atoms with Crippen LogP contribution in [0.25, 0.3) is 16.7 Å². The normalized spacial score (nSPS) is 19.8. The van der Waals surface area contributed by atoms with Gasteiger partial charge in [0.15, 0.2) is 0 Å². The Balaban J connectivity index is 1.60. The lowest BCUT2D eigenvalue weighted by atomic mass is 9.79. The van der Waals surface area contributed by atoms with Gasteiger partial charge in [-0.1, -0.05) is 36.8 Å². The Bertz CT molecular complexity index is 1150. The molecule has 178 valence electrons. The quantitative estimate of drug-likeness (QED) is 0.571. The number of fused-ring (bicyclic) bond motifs is 1. The zero-order valence-electron chi connectivity index (χ0n) is 20.6. The second-order valence-electron chi connectivity index (χ2n) is 10.2. The number of dihydropyridines is 1. The largest absolute Gasteiger partial charge is 0.387 e. The fourth-order valence-corrected chi connectivity index (χ4v) is 6.13. The molecule has 1 unspecified atom stereocenters. The van der Waals surface area contributed by atoms with Crippen LogP contribution in [0.3, 0.4) is 0 Å². The Hall–Kier alpha value is -2.85. The summed E-state index contributed by atoms with van der Waals surface area (Å²) in [7, 11) is 0. The molecule has 2 fully saturated rings. The Morgan fingerprint density at radius 3 is 2.53 bits per heavy atom. The molecule has 3 N–H and O–H groups in total. The van der Waals surface area contributed by atoms with Crippen molar-refractivity contribution < 1.29 is 4.79 Å². The van der Waals surface area contributed by atoms with E-state index in [1.54, 1.807) is 0 Å². The molecule has 4 nitrogen and oxygen atoms in total. The maximum absolute atomic E-state index is 12.6. The highest BCUT2D eigenvalue weighted by Crippen LogP contribution is 2.41. The van der Waals surface area contributed by atoms with Crippen molar-refractivity contribution in [1.29, 1.82) is 0 Å². The molecule has 1 saturated heterocycles. The third-order valence-electron chi connectivity index (χ3n) is 8.02. The van der Waals surface area contributed by atoms with E-state index in [2.05, 4.69) is 54.5 Å². The van der Waals surface area contributed by atoms with E-state index in [4.69, 9.17) is 5.73 Å². The van der Waals surface area contributed by atoms with Gasteiger partial charge < -0.3 is 11.1 Å². The number of benzene rings is 2. The molecule has 1 amide bonds. The molecule has 0 radical (unpaired) electrons. The van der Waals surface area contributed by atoms with Crippen LogP contribution in [0.4, 0.5) is 0 Å². The van der Waals surface area contributed by atoms with Gasteiger partial charge in [0.05, 0.1) is 0 Å². The van der Waals surface area contributed by atoms with Gasteiger partial charge >= 0.3 is 0 Å². The maximum Gasteiger partial charge on any atom is 0.249 e. The van der Waals surface area contributed by atoms with Crippen LogP contribution in [0.1, 0.15) is 85.0 Å². The molecular weight excluding hydrogens is 418 g/mol. The van der Waals surface area contributed by atoms with E-state index >= 15 is 0 Å². The van der Waals surface area contributed by atoms with Crippen molar-refractivity contribution in [2.75, 3.05) is 19.6 Å². The number of primary amides is 1. The number of nitrogens with one attached hydrogen (secondary N) is 1. The highest BCUT2D eigenvalue weighted by molar-refractivity contribution is 6.03. The molecule has 1 atom stereocenters. The number of amides is 1. The van der Waals surface area contributed by atoms with E-state index < -0.39 is 0 Å². The minimum Gasteiger partial charge on any atom is -0.387 e. The minimum atomic E-state index is -0.357. The lowest BCUT2D eigenvalue weighted by molar-refractivity contribution is 0.1000. The summed E-state index contributed by atoms with van der Waals surface area (Å²) >= 11 is 0. The van der Waals surface area contributed by atoms with E-state index in [1.165, 1.54) is 78.6 Å². The van der Waals surface area contributed by atoms with Crippen molar-refractivity contribution in [3.8, 4) is 11.1 Å². The molecule has 34 heavy (non-hydrogen) atoms. The van der Waals surface area contributed by atoms with Gasteiger partial charge in [-0.25, -0.2) is 0 Å². The number of nitrogens with two attached hydrogens (primary N) is 1. The first-order valence-electron chi connectivity index (χ1n) is 13.0. The summed E-state index contributed by atoms with van der Waals surface area (Å²) in [6, 6.07) is 13.3. The predicted molar refractivity (Wildman–Crippen MR) is 140 cm³/mol. The summed E-state index contributed by atoms with van der Waals surface area (Å²) < 4.78 is 0. The molecule has 1 saturated carbocycles. The van der Waals surface area contributed by atoms with Gasteiger partial charge in [-0.3, -0.25) is 9.69 Å². The predicted octanol–water partition coefficient (Wildman–Crippen LogP) is 6.12. The number of carbonyl (C=O) groups excluding carboxylic acids is 1. The third kappa shape index (κ3) is 4.32. The zero-order valence-corrected chi connectivity index (χ0v) is 20.6. The Labute approximate surface area is 203 Å². The molecule has 0 aromatic heterocycles. The summed E-state index contributed by atoms with van der Waals surface area (Å²) in [5, 5.41) is 3.47. The smallest absolute Gasteiger partial charge is 0.249 e. The summed E-state index contributed by atoms with van der Waals surface area (Å²) in [5.41, 5.74) is 16.5. The first-order chi connectivity index (χ1) is 16.5. The second kappa shape index (κ2) is 9.79. The average Bonchev–Trinajstić information content (AvgIpc) is 2.88. The van der Waals surface area contributed by atoms with Crippen molar-refractivity contribution in [1.82, 2.24) is 10.2 Å². The average molecular weight is 456 g/mol. The number of carbonyl (C=O) groups is 1. The van der Waals surface area contributed by atoms with E-state index in [9.17, 15) is 4.79 Å². The first-order valence-corrected chi connectivity index (χ1v) is 13.0. The molecule has 2 aliphatic heterocycles. The molecule has 1 aliphatic carbocycles. The lowest BCUT2D eigenvalue weighted by Crippen LogP contribution is -2.32. The van der Waals surface area contributed by atoms with E-state index in [-0.39, 0.29) is 5.91 Å². The summed E-state index contributed by atoms with van der Waals surface area (Å²) in [5.74, 6) is -0.357. The standard InChI is InChI=1S/C30H37N3O/c1-20-17-22(21(2)33-15-6-3-7-16-33)13-14-24(20)26-11-8-12-27(30(31)34)29(26)28-19-32-18-23-9-4-5-10-25(23)28/h8,11-14,17-18,21,32H,3-7,9-10,15-16,19H2,1-2H3,(H2,31,34). The molecule has 2 aromatic rings. The minimum absolute atomic E-state index is 0.357. The molecule has 2 aromatic carbocycles. The molecule has 3 aliphatic rings. The first kappa shape index (κ1) is 22.9. The number of hydrogen-bond donors (Lipinski definition) is 2. The van der Waals surface area contributed by atoms with Crippen LogP contribution in [0.5, 0.6) is 0 Å². The van der Waals surface area contributed by atoms with Gasteiger partial charge in [0.25, 0.3) is 0 Å². The van der Waals surface area contributed by atoms with Gasteiger partial charge in [0.2, 0.25) is 5.91 Å². The van der Waals surface area contributed by atoms with Gasteiger partial charge in [-0.2, -0.15) is 0 Å². The third-order valence-corrected chi connectivity index (χ3v) is 8.02. The SMILES string of the molecule is Cc1cc(C(C)N2CCCCC2)ccc1-c1cccc(C(N)=O)c1C1=C2CCCCC2=CNC1. The molecule has 4 heteroatoms. The number of nitrogens with zero attached hydrogens (tertiary/aromatic N) is 1. The number of hydrogen-bond acceptors (Lipinski definition) is 3. The topological polar surface area (TPSA) is 58.4 Å².